The molecule has 2 N–H and O–H groups in total. The molecule has 1 heterocycles. The highest BCUT2D eigenvalue weighted by Crippen LogP contribution is 2.46. The van der Waals surface area contributed by atoms with Crippen LogP contribution in [0.2, 0.25) is 0 Å². The van der Waals surface area contributed by atoms with Gasteiger partial charge in [0.25, 0.3) is 0 Å². The Morgan fingerprint density at radius 3 is 2.41 bits per heavy atom. The normalized spacial score (nSPS) is 14.9. The molecule has 6 heteroatoms. The third-order valence-corrected chi connectivity index (χ3v) is 6.38. The fraction of sp³-hybridized carbons (Fsp3) is 0.143. The predicted octanol–water partition coefficient (Wildman–Crippen LogP) is 6.70. The molecule has 0 bridgehead atoms. The van der Waals surface area contributed by atoms with Gasteiger partial charge in [-0.05, 0) is 58.7 Å². The number of benzene rings is 3. The van der Waals surface area contributed by atoms with Crippen LogP contribution in [0, 0.1) is 17.6 Å². The molecule has 5 rings (SSSR count). The SMILES string of the molecule is O=C(O)/C=C/c1ccc(/C(=C(\c2ccccc2)C2CCC2)c2cc(F)c3[nH]ncc3c2F)cc1. The summed E-state index contributed by atoms with van der Waals surface area (Å²) in [5, 5.41) is 15.4. The second kappa shape index (κ2) is 9.06. The van der Waals surface area contributed by atoms with E-state index in [0.29, 0.717) is 11.1 Å². The highest BCUT2D eigenvalue weighted by atomic mass is 19.1. The Balaban J connectivity index is 1.78. The average Bonchev–Trinajstić information content (AvgIpc) is 3.31. The second-order valence-corrected chi connectivity index (χ2v) is 8.45. The van der Waals surface area contributed by atoms with Crippen LogP contribution >= 0.6 is 0 Å². The van der Waals surface area contributed by atoms with Crippen LogP contribution in [-0.4, -0.2) is 21.3 Å². The van der Waals surface area contributed by atoms with Gasteiger partial charge in [-0.15, -0.1) is 0 Å². The zero-order valence-electron chi connectivity index (χ0n) is 18.3. The largest absolute Gasteiger partial charge is 0.478 e. The third-order valence-electron chi connectivity index (χ3n) is 6.38. The minimum absolute atomic E-state index is 0.0414. The first-order valence-corrected chi connectivity index (χ1v) is 11.2. The molecule has 0 saturated heterocycles. The number of fused-ring (bicyclic) bond motifs is 1. The van der Waals surface area contributed by atoms with Gasteiger partial charge in [0, 0.05) is 11.6 Å². The first kappa shape index (κ1) is 21.8. The number of hydrogen-bond donors (Lipinski definition) is 2. The number of nitrogens with zero attached hydrogens (tertiary/aromatic N) is 1. The van der Waals surface area contributed by atoms with E-state index in [1.54, 1.807) is 12.1 Å². The van der Waals surface area contributed by atoms with E-state index in [4.69, 9.17) is 5.11 Å². The van der Waals surface area contributed by atoms with Gasteiger partial charge in [-0.3, -0.25) is 5.10 Å². The van der Waals surface area contributed by atoms with Crippen LogP contribution in [-0.2, 0) is 4.79 Å². The third kappa shape index (κ3) is 4.03. The van der Waals surface area contributed by atoms with Crippen LogP contribution in [0.4, 0.5) is 8.78 Å². The number of allylic oxidation sites excluding steroid dienone is 1. The molecular formula is C28H22F2N2O2. The summed E-state index contributed by atoms with van der Waals surface area (Å²) in [6.45, 7) is 0. The Morgan fingerprint density at radius 2 is 1.76 bits per heavy atom. The Bertz CT molecular complexity index is 1420. The number of nitrogens with one attached hydrogen (secondary N) is 1. The van der Waals surface area contributed by atoms with Gasteiger partial charge in [0.15, 0.2) is 0 Å². The van der Waals surface area contributed by atoms with Crippen LogP contribution in [0.15, 0.2) is 72.9 Å². The number of carboxylic acid groups (broad SMARTS) is 1. The van der Waals surface area contributed by atoms with E-state index in [1.807, 2.05) is 42.5 Å². The number of aromatic amines is 1. The van der Waals surface area contributed by atoms with E-state index < -0.39 is 17.6 Å². The number of carboxylic acids is 1. The zero-order chi connectivity index (χ0) is 23.7. The lowest BCUT2D eigenvalue weighted by molar-refractivity contribution is -0.131. The molecule has 0 aliphatic heterocycles. The molecule has 4 nitrogen and oxygen atoms in total. The molecule has 1 saturated carbocycles. The maximum Gasteiger partial charge on any atom is 0.328 e. The van der Waals surface area contributed by atoms with Crippen LogP contribution in [0.25, 0.3) is 28.1 Å². The van der Waals surface area contributed by atoms with Crippen molar-refractivity contribution in [2.45, 2.75) is 19.3 Å². The quantitative estimate of drug-likeness (QED) is 0.251. The minimum Gasteiger partial charge on any atom is -0.478 e. The van der Waals surface area contributed by atoms with Crippen LogP contribution in [0.3, 0.4) is 0 Å². The first-order valence-electron chi connectivity index (χ1n) is 11.2. The number of halogens is 2. The minimum atomic E-state index is -1.04. The summed E-state index contributed by atoms with van der Waals surface area (Å²) in [6, 6.07) is 18.3. The van der Waals surface area contributed by atoms with E-state index in [-0.39, 0.29) is 22.4 Å². The van der Waals surface area contributed by atoms with E-state index in [0.717, 1.165) is 42.0 Å². The van der Waals surface area contributed by atoms with Gasteiger partial charge in [0.2, 0.25) is 0 Å². The first-order chi connectivity index (χ1) is 16.5. The number of aromatic nitrogens is 2. The molecule has 1 fully saturated rings. The van der Waals surface area contributed by atoms with Gasteiger partial charge in [0.1, 0.15) is 17.2 Å². The highest BCUT2D eigenvalue weighted by Gasteiger charge is 2.29. The zero-order valence-corrected chi connectivity index (χ0v) is 18.3. The molecule has 4 aromatic rings. The molecule has 0 amide bonds. The molecular weight excluding hydrogens is 434 g/mol. The number of hydrogen-bond acceptors (Lipinski definition) is 2. The van der Waals surface area contributed by atoms with E-state index in [2.05, 4.69) is 10.2 Å². The van der Waals surface area contributed by atoms with Crippen molar-refractivity contribution in [3.05, 3.63) is 107 Å². The topological polar surface area (TPSA) is 66.0 Å². The van der Waals surface area contributed by atoms with Crippen LogP contribution < -0.4 is 0 Å². The van der Waals surface area contributed by atoms with Crippen molar-refractivity contribution in [3.8, 4) is 0 Å². The molecule has 0 spiro atoms. The smallest absolute Gasteiger partial charge is 0.328 e. The summed E-state index contributed by atoms with van der Waals surface area (Å²) < 4.78 is 30.8. The molecule has 0 unspecified atom stereocenters. The molecule has 1 aromatic heterocycles. The molecule has 1 aliphatic rings. The monoisotopic (exact) mass is 456 g/mol. The predicted molar refractivity (Wildman–Crippen MR) is 129 cm³/mol. The second-order valence-electron chi connectivity index (χ2n) is 8.45. The van der Waals surface area contributed by atoms with Crippen molar-refractivity contribution >= 4 is 34.1 Å². The maximum absolute atomic E-state index is 15.8. The Morgan fingerprint density at radius 1 is 1.03 bits per heavy atom. The van der Waals surface area contributed by atoms with Crippen molar-refractivity contribution in [1.82, 2.24) is 10.2 Å². The van der Waals surface area contributed by atoms with Crippen molar-refractivity contribution in [1.29, 1.82) is 0 Å². The average molecular weight is 456 g/mol. The summed E-state index contributed by atoms with van der Waals surface area (Å²) in [6.07, 6.45) is 6.91. The number of rotatable bonds is 6. The fourth-order valence-corrected chi connectivity index (χ4v) is 4.51. The van der Waals surface area contributed by atoms with Crippen LogP contribution in [0.5, 0.6) is 0 Å². The summed E-state index contributed by atoms with van der Waals surface area (Å²) in [4.78, 5) is 10.9. The van der Waals surface area contributed by atoms with Gasteiger partial charge in [-0.25, -0.2) is 13.6 Å². The molecule has 0 atom stereocenters. The number of aliphatic carboxylic acids is 1. The maximum atomic E-state index is 15.8. The summed E-state index contributed by atoms with van der Waals surface area (Å²) in [7, 11) is 0. The van der Waals surface area contributed by atoms with E-state index in [1.165, 1.54) is 18.3 Å². The van der Waals surface area contributed by atoms with Gasteiger partial charge in [0.05, 0.1) is 11.6 Å². The molecule has 34 heavy (non-hydrogen) atoms. The van der Waals surface area contributed by atoms with Crippen molar-refractivity contribution in [2.24, 2.45) is 5.92 Å². The number of H-pyrrole nitrogens is 1. The lowest BCUT2D eigenvalue weighted by atomic mass is 9.73. The Kier molecular flexibility index (Phi) is 5.80. The van der Waals surface area contributed by atoms with Crippen molar-refractivity contribution in [3.63, 3.8) is 0 Å². The van der Waals surface area contributed by atoms with Gasteiger partial charge >= 0.3 is 5.97 Å². The lowest BCUT2D eigenvalue weighted by Gasteiger charge is -2.31. The van der Waals surface area contributed by atoms with E-state index in [9.17, 15) is 4.79 Å². The van der Waals surface area contributed by atoms with Gasteiger partial charge in [-0.1, -0.05) is 61.0 Å². The number of carbonyl (C=O) groups is 1. The standard InChI is InChI=1S/C28H22F2N2O2/c29-23-15-21(27(30)22-16-31-32-28(22)23)26(20-12-9-17(10-13-20)11-14-24(33)34)25(19-7-4-8-19)18-5-2-1-3-6-18/h1-3,5-6,9-16,19H,4,7-8H2,(H,31,32)(H,33,34)/b14-11+,26-25-. The van der Waals surface area contributed by atoms with Crippen molar-refractivity contribution in [2.75, 3.05) is 0 Å². The summed E-state index contributed by atoms with van der Waals surface area (Å²) in [5.41, 5.74) is 4.27. The Hall–Kier alpha value is -4.06. The van der Waals surface area contributed by atoms with Gasteiger partial charge < -0.3 is 5.11 Å². The lowest BCUT2D eigenvalue weighted by Crippen LogP contribution is -2.15. The molecule has 170 valence electrons. The van der Waals surface area contributed by atoms with Crippen molar-refractivity contribution < 1.29 is 18.7 Å². The molecule has 0 radical (unpaired) electrons. The highest BCUT2D eigenvalue weighted by molar-refractivity contribution is 6.01. The van der Waals surface area contributed by atoms with Crippen LogP contribution in [0.1, 0.15) is 41.5 Å². The Labute approximate surface area is 195 Å². The molecule has 3 aromatic carbocycles. The fourth-order valence-electron chi connectivity index (χ4n) is 4.51. The van der Waals surface area contributed by atoms with E-state index >= 15 is 8.78 Å². The van der Waals surface area contributed by atoms with Gasteiger partial charge in [-0.2, -0.15) is 5.10 Å². The summed E-state index contributed by atoms with van der Waals surface area (Å²) >= 11 is 0. The molecule has 1 aliphatic carbocycles. The summed E-state index contributed by atoms with van der Waals surface area (Å²) in [5.74, 6) is -1.90.